The Morgan fingerprint density at radius 3 is 2.39 bits per heavy atom. The van der Waals surface area contributed by atoms with Gasteiger partial charge in [0.2, 0.25) is 5.91 Å². The highest BCUT2D eigenvalue weighted by Gasteiger charge is 2.07. The van der Waals surface area contributed by atoms with Gasteiger partial charge in [0.25, 0.3) is 0 Å². The van der Waals surface area contributed by atoms with Gasteiger partial charge in [-0.05, 0) is 19.3 Å². The number of carbonyl (C=O) groups is 2. The Morgan fingerprint density at radius 1 is 1.09 bits per heavy atom. The number of carboxylic acids is 1. The number of aliphatic carboxylic acids is 1. The number of nitrogens with zero attached hydrogens (tertiary/aromatic N) is 1. The molecule has 0 rings (SSSR count). The molecule has 23 heavy (non-hydrogen) atoms. The number of aliphatic hydroxyl groups is 1. The van der Waals surface area contributed by atoms with E-state index in [9.17, 15) is 14.7 Å². The van der Waals surface area contributed by atoms with E-state index in [4.69, 9.17) is 5.11 Å². The fourth-order valence-electron chi connectivity index (χ4n) is 2.35. The highest BCUT2D eigenvalue weighted by atomic mass is 16.4. The van der Waals surface area contributed by atoms with Crippen molar-refractivity contribution in [2.75, 3.05) is 13.1 Å². The number of unbranched alkanes of at least 4 members (excludes halogenated alkanes) is 5. The first kappa shape index (κ1) is 21.6. The van der Waals surface area contributed by atoms with Crippen molar-refractivity contribution in [2.24, 2.45) is 0 Å². The van der Waals surface area contributed by atoms with Crippen molar-refractivity contribution in [1.29, 1.82) is 0 Å². The highest BCUT2D eigenvalue weighted by Crippen LogP contribution is 2.06. The van der Waals surface area contributed by atoms with Gasteiger partial charge in [0.15, 0.2) is 0 Å². The van der Waals surface area contributed by atoms with Crippen LogP contribution >= 0.6 is 0 Å². The van der Waals surface area contributed by atoms with Crippen LogP contribution < -0.4 is 0 Å². The topological polar surface area (TPSA) is 77.8 Å². The van der Waals surface area contributed by atoms with Gasteiger partial charge in [0.1, 0.15) is 0 Å². The first-order valence-electron chi connectivity index (χ1n) is 8.79. The quantitative estimate of drug-likeness (QED) is 0.379. The third-order valence-corrected chi connectivity index (χ3v) is 3.80. The summed E-state index contributed by atoms with van der Waals surface area (Å²) in [5.74, 6) is -0.723. The van der Waals surface area contributed by atoms with Gasteiger partial charge in [-0.15, -0.1) is 0 Å². The van der Waals surface area contributed by atoms with Crippen LogP contribution in [0.25, 0.3) is 0 Å². The van der Waals surface area contributed by atoms with E-state index in [0.29, 0.717) is 19.5 Å². The molecule has 5 nitrogen and oxygen atoms in total. The molecular formula is C18H33NO4. The number of amides is 1. The van der Waals surface area contributed by atoms with Gasteiger partial charge >= 0.3 is 5.97 Å². The van der Waals surface area contributed by atoms with Crippen LogP contribution in [0, 0.1) is 0 Å². The molecule has 5 heteroatoms. The molecule has 0 bridgehead atoms. The number of carbonyl (C=O) groups excluding carboxylic acids is 1. The zero-order chi connectivity index (χ0) is 17.5. The summed E-state index contributed by atoms with van der Waals surface area (Å²) in [5, 5.41) is 18.4. The maximum Gasteiger partial charge on any atom is 0.303 e. The predicted molar refractivity (Wildman–Crippen MR) is 92.3 cm³/mol. The van der Waals surface area contributed by atoms with Crippen molar-refractivity contribution in [1.82, 2.24) is 4.90 Å². The Hall–Kier alpha value is -1.36. The van der Waals surface area contributed by atoms with E-state index in [1.165, 1.54) is 0 Å². The Balaban J connectivity index is 3.89. The van der Waals surface area contributed by atoms with Gasteiger partial charge in [-0.25, -0.2) is 0 Å². The number of carboxylic acid groups (broad SMARTS) is 1. The SMILES string of the molecule is CCCCCC(O)C=CCN(CCCCCCC(=O)O)C(C)=O. The monoisotopic (exact) mass is 327 g/mol. The van der Waals surface area contributed by atoms with E-state index in [1.807, 2.05) is 6.08 Å². The van der Waals surface area contributed by atoms with E-state index in [1.54, 1.807) is 17.9 Å². The number of aliphatic hydroxyl groups excluding tert-OH is 1. The van der Waals surface area contributed by atoms with Crippen LogP contribution in [0.15, 0.2) is 12.2 Å². The molecule has 0 saturated carbocycles. The minimum absolute atomic E-state index is 0.0284. The van der Waals surface area contributed by atoms with Crippen molar-refractivity contribution in [3.8, 4) is 0 Å². The van der Waals surface area contributed by atoms with E-state index >= 15 is 0 Å². The first-order valence-corrected chi connectivity index (χ1v) is 8.79. The summed E-state index contributed by atoms with van der Waals surface area (Å²) in [6, 6.07) is 0. The maximum absolute atomic E-state index is 11.6. The number of hydrogen-bond donors (Lipinski definition) is 2. The molecule has 1 amide bonds. The Labute approximate surface area is 140 Å². The second-order valence-electron chi connectivity index (χ2n) is 6.01. The summed E-state index contributed by atoms with van der Waals surface area (Å²) < 4.78 is 0. The summed E-state index contributed by atoms with van der Waals surface area (Å²) in [6.07, 6.45) is 10.9. The van der Waals surface area contributed by atoms with Crippen LogP contribution in [-0.2, 0) is 9.59 Å². The lowest BCUT2D eigenvalue weighted by Gasteiger charge is -2.19. The molecule has 2 N–H and O–H groups in total. The molecule has 0 aromatic rings. The van der Waals surface area contributed by atoms with E-state index in [0.717, 1.165) is 44.9 Å². The molecule has 134 valence electrons. The molecule has 0 aromatic carbocycles. The van der Waals surface area contributed by atoms with Gasteiger partial charge in [-0.1, -0.05) is 51.2 Å². The maximum atomic E-state index is 11.6. The second kappa shape index (κ2) is 14.2. The molecule has 1 atom stereocenters. The Kier molecular flexibility index (Phi) is 13.4. The molecule has 0 spiro atoms. The molecule has 1 unspecified atom stereocenters. The largest absolute Gasteiger partial charge is 0.481 e. The third-order valence-electron chi connectivity index (χ3n) is 3.80. The van der Waals surface area contributed by atoms with E-state index in [-0.39, 0.29) is 12.3 Å². The number of hydrogen-bond acceptors (Lipinski definition) is 3. The predicted octanol–water partition coefficient (Wildman–Crippen LogP) is 3.37. The van der Waals surface area contributed by atoms with Gasteiger partial charge < -0.3 is 15.1 Å². The second-order valence-corrected chi connectivity index (χ2v) is 6.01. The fraction of sp³-hybridized carbons (Fsp3) is 0.778. The lowest BCUT2D eigenvalue weighted by molar-refractivity contribution is -0.137. The lowest BCUT2D eigenvalue weighted by Crippen LogP contribution is -2.30. The molecule has 0 aliphatic heterocycles. The van der Waals surface area contributed by atoms with Crippen LogP contribution in [0.5, 0.6) is 0 Å². The molecule has 0 aromatic heterocycles. The zero-order valence-electron chi connectivity index (χ0n) is 14.7. The van der Waals surface area contributed by atoms with Gasteiger partial charge in [0, 0.05) is 26.4 Å². The summed E-state index contributed by atoms with van der Waals surface area (Å²) in [5.41, 5.74) is 0. The first-order chi connectivity index (χ1) is 11.0. The van der Waals surface area contributed by atoms with Crippen LogP contribution in [0.4, 0.5) is 0 Å². The lowest BCUT2D eigenvalue weighted by atomic mass is 10.1. The zero-order valence-corrected chi connectivity index (χ0v) is 14.7. The van der Waals surface area contributed by atoms with Crippen molar-refractivity contribution >= 4 is 11.9 Å². The van der Waals surface area contributed by atoms with Crippen LogP contribution in [0.3, 0.4) is 0 Å². The van der Waals surface area contributed by atoms with E-state index < -0.39 is 12.1 Å². The normalized spacial score (nSPS) is 12.5. The van der Waals surface area contributed by atoms with Gasteiger partial charge in [-0.3, -0.25) is 9.59 Å². The Morgan fingerprint density at radius 2 is 1.78 bits per heavy atom. The summed E-state index contributed by atoms with van der Waals surface area (Å²) in [6.45, 7) is 4.89. The minimum Gasteiger partial charge on any atom is -0.481 e. The molecule has 0 radical (unpaired) electrons. The standard InChI is InChI=1S/C18H33NO4/c1-3-4-7-11-17(21)12-10-15-19(16(2)20)14-9-6-5-8-13-18(22)23/h10,12,17,21H,3-9,11,13-15H2,1-2H3,(H,22,23). The molecule has 0 saturated heterocycles. The van der Waals surface area contributed by atoms with Crippen molar-refractivity contribution < 1.29 is 19.8 Å². The number of rotatable bonds is 14. The average molecular weight is 327 g/mol. The fourth-order valence-corrected chi connectivity index (χ4v) is 2.35. The van der Waals surface area contributed by atoms with Crippen molar-refractivity contribution in [3.05, 3.63) is 12.2 Å². The van der Waals surface area contributed by atoms with Crippen LogP contribution in [0.2, 0.25) is 0 Å². The summed E-state index contributed by atoms with van der Waals surface area (Å²) in [4.78, 5) is 23.8. The molecular weight excluding hydrogens is 294 g/mol. The highest BCUT2D eigenvalue weighted by molar-refractivity contribution is 5.73. The third kappa shape index (κ3) is 14.0. The summed E-state index contributed by atoms with van der Waals surface area (Å²) >= 11 is 0. The van der Waals surface area contributed by atoms with Gasteiger partial charge in [0.05, 0.1) is 6.10 Å². The van der Waals surface area contributed by atoms with Crippen molar-refractivity contribution in [3.63, 3.8) is 0 Å². The minimum atomic E-state index is -0.752. The Bertz CT molecular complexity index is 355. The van der Waals surface area contributed by atoms with Crippen LogP contribution in [-0.4, -0.2) is 46.2 Å². The molecule has 0 aliphatic rings. The van der Waals surface area contributed by atoms with Gasteiger partial charge in [-0.2, -0.15) is 0 Å². The molecule has 0 heterocycles. The van der Waals surface area contributed by atoms with Crippen molar-refractivity contribution in [2.45, 2.75) is 77.7 Å². The smallest absolute Gasteiger partial charge is 0.303 e. The molecule has 0 aliphatic carbocycles. The summed E-state index contributed by atoms with van der Waals surface area (Å²) in [7, 11) is 0. The van der Waals surface area contributed by atoms with E-state index in [2.05, 4.69) is 6.92 Å². The molecule has 0 fully saturated rings. The van der Waals surface area contributed by atoms with Crippen LogP contribution in [0.1, 0.15) is 71.6 Å². The average Bonchev–Trinajstić information content (AvgIpc) is 2.48.